The Hall–Kier alpha value is -0.626. The first-order chi connectivity index (χ1) is 11.6. The van der Waals surface area contributed by atoms with Crippen LogP contribution in [0.15, 0.2) is 18.2 Å². The maximum Gasteiger partial charge on any atom is 0.405 e. The van der Waals surface area contributed by atoms with E-state index in [1.165, 1.54) is 16.8 Å². The average Bonchev–Trinajstić information content (AvgIpc) is 2.50. The Morgan fingerprint density at radius 2 is 1.36 bits per heavy atom. The molecule has 5 heteroatoms. The van der Waals surface area contributed by atoms with Gasteiger partial charge in [0.15, 0.2) is 0 Å². The van der Waals surface area contributed by atoms with Crippen LogP contribution in [0.2, 0.25) is 19.6 Å². The molecule has 0 aromatic heterocycles. The Morgan fingerprint density at radius 1 is 0.920 bits per heavy atom. The highest BCUT2D eigenvalue weighted by molar-refractivity contribution is 6.80. The highest BCUT2D eigenvalue weighted by Gasteiger charge is 2.33. The predicted molar refractivity (Wildman–Crippen MR) is 114 cm³/mol. The first-order valence-corrected chi connectivity index (χ1v) is 14.6. The molecule has 0 aliphatic carbocycles. The molecule has 0 atom stereocenters. The Labute approximate surface area is 158 Å². The monoisotopic (exact) mass is 380 g/mol. The van der Waals surface area contributed by atoms with Crippen molar-refractivity contribution in [3.05, 3.63) is 29.3 Å². The topological polar surface area (TPSA) is 21.7 Å². The number of anilines is 1. The number of rotatable bonds is 10. The van der Waals surface area contributed by atoms with Crippen LogP contribution in [0.3, 0.4) is 0 Å². The lowest BCUT2D eigenvalue weighted by Gasteiger charge is -2.41. The van der Waals surface area contributed by atoms with Crippen molar-refractivity contribution >= 4 is 23.2 Å². The molecule has 0 heterocycles. The smallest absolute Gasteiger partial charge is 0.395 e. The zero-order valence-electron chi connectivity index (χ0n) is 17.8. The normalized spacial score (nSPS) is 12.5. The van der Waals surface area contributed by atoms with Gasteiger partial charge in [-0.15, -0.1) is 0 Å². The van der Waals surface area contributed by atoms with Crippen LogP contribution < -0.4 is 4.57 Å². The van der Waals surface area contributed by atoms with Crippen molar-refractivity contribution in [2.75, 3.05) is 23.9 Å². The Balaban J connectivity index is 3.45. The molecule has 143 valence electrons. The zero-order valence-corrected chi connectivity index (χ0v) is 19.8. The second kappa shape index (κ2) is 9.90. The van der Waals surface area contributed by atoms with E-state index in [9.17, 15) is 0 Å². The minimum atomic E-state index is -1.60. The van der Waals surface area contributed by atoms with Gasteiger partial charge >= 0.3 is 9.28 Å². The van der Waals surface area contributed by atoms with Gasteiger partial charge in [-0.2, -0.15) is 0 Å². The summed E-state index contributed by atoms with van der Waals surface area (Å²) in [5.74, 6) is 1.00. The molecule has 0 amide bonds. The van der Waals surface area contributed by atoms with Gasteiger partial charge in [0.05, 0.1) is 6.17 Å². The van der Waals surface area contributed by atoms with Crippen LogP contribution in [-0.4, -0.2) is 36.9 Å². The number of nitrogens with zero attached hydrogens (tertiary/aromatic N) is 1. The van der Waals surface area contributed by atoms with E-state index in [0.29, 0.717) is 11.8 Å². The molecule has 0 fully saturated rings. The van der Waals surface area contributed by atoms with Crippen LogP contribution in [0, 0.1) is 0 Å². The first-order valence-electron chi connectivity index (χ1n) is 9.65. The van der Waals surface area contributed by atoms with E-state index in [0.717, 1.165) is 19.4 Å². The summed E-state index contributed by atoms with van der Waals surface area (Å²) in [5, 5.41) is 0. The molecule has 1 rings (SSSR count). The Bertz CT molecular complexity index is 495. The Morgan fingerprint density at radius 3 is 1.68 bits per heavy atom. The summed E-state index contributed by atoms with van der Waals surface area (Å²) in [6, 6.07) is 6.81. The van der Waals surface area contributed by atoms with Crippen molar-refractivity contribution in [3.63, 3.8) is 0 Å². The summed E-state index contributed by atoms with van der Waals surface area (Å²) in [6.07, 6.45) is 0.894. The van der Waals surface area contributed by atoms with Crippen molar-refractivity contribution < 1.29 is 8.85 Å². The third-order valence-corrected chi connectivity index (χ3v) is 8.43. The molecule has 1 radical (unpaired) electrons. The van der Waals surface area contributed by atoms with Gasteiger partial charge < -0.3 is 13.4 Å². The molecule has 0 bridgehead atoms. The molecule has 0 saturated carbocycles. The van der Waals surface area contributed by atoms with Crippen LogP contribution in [0.25, 0.3) is 0 Å². The van der Waals surface area contributed by atoms with E-state index in [2.05, 4.69) is 83.9 Å². The minimum absolute atomic E-state index is 0.502. The van der Waals surface area contributed by atoms with Crippen LogP contribution in [-0.2, 0) is 8.85 Å². The van der Waals surface area contributed by atoms with Gasteiger partial charge in [-0.3, -0.25) is 0 Å². The number of hydrogen-bond donors (Lipinski definition) is 0. The van der Waals surface area contributed by atoms with Gasteiger partial charge in [0.1, 0.15) is 8.24 Å². The summed E-state index contributed by atoms with van der Waals surface area (Å²) < 4.78 is 14.6. The van der Waals surface area contributed by atoms with Crippen molar-refractivity contribution in [2.45, 2.75) is 73.0 Å². The van der Waals surface area contributed by atoms with Gasteiger partial charge in [-0.25, -0.2) is 0 Å². The van der Waals surface area contributed by atoms with Crippen LogP contribution in [0.1, 0.15) is 64.5 Å². The standard InChI is InChI=1S/C20H38NO2Si2/c1-10-22-24(23-11-2)15-21(25(7,8)9)20-18(16(3)4)13-12-14-19(20)17(5)6/h12-14,16-17H,10-11,15H2,1-9H3. The quantitative estimate of drug-likeness (QED) is 0.488. The van der Waals surface area contributed by atoms with Crippen LogP contribution in [0.4, 0.5) is 5.69 Å². The van der Waals surface area contributed by atoms with E-state index in [-0.39, 0.29) is 0 Å². The lowest BCUT2D eigenvalue weighted by Crippen LogP contribution is -2.53. The summed E-state index contributed by atoms with van der Waals surface area (Å²) >= 11 is 0. The zero-order chi connectivity index (χ0) is 19.2. The molecular weight excluding hydrogens is 342 g/mol. The molecular formula is C20H38NO2Si2. The van der Waals surface area contributed by atoms with Crippen molar-refractivity contribution in [3.8, 4) is 0 Å². The largest absolute Gasteiger partial charge is 0.405 e. The summed E-state index contributed by atoms with van der Waals surface area (Å²) in [5.41, 5.74) is 4.33. The minimum Gasteiger partial charge on any atom is -0.395 e. The predicted octanol–water partition coefficient (Wildman–Crippen LogP) is 5.68. The van der Waals surface area contributed by atoms with E-state index < -0.39 is 17.5 Å². The van der Waals surface area contributed by atoms with E-state index in [1.807, 2.05) is 0 Å². The Kier molecular flexibility index (Phi) is 8.88. The fourth-order valence-corrected chi connectivity index (χ4v) is 7.60. The van der Waals surface area contributed by atoms with E-state index >= 15 is 0 Å². The molecule has 0 saturated heterocycles. The maximum atomic E-state index is 5.99. The van der Waals surface area contributed by atoms with Gasteiger partial charge in [0.2, 0.25) is 0 Å². The van der Waals surface area contributed by atoms with Crippen LogP contribution in [0.5, 0.6) is 0 Å². The second-order valence-corrected chi connectivity index (χ2v) is 14.6. The molecule has 1 aromatic carbocycles. The molecule has 0 N–H and O–H groups in total. The number of hydrogen-bond acceptors (Lipinski definition) is 3. The van der Waals surface area contributed by atoms with Gasteiger partial charge in [0, 0.05) is 18.9 Å². The summed E-state index contributed by atoms with van der Waals surface area (Å²) in [7, 11) is -2.90. The van der Waals surface area contributed by atoms with Crippen molar-refractivity contribution in [2.24, 2.45) is 0 Å². The van der Waals surface area contributed by atoms with Crippen molar-refractivity contribution in [1.29, 1.82) is 0 Å². The second-order valence-electron chi connectivity index (χ2n) is 8.09. The third kappa shape index (κ3) is 6.24. The molecule has 1 aromatic rings. The van der Waals surface area contributed by atoms with E-state index in [1.54, 1.807) is 0 Å². The van der Waals surface area contributed by atoms with Crippen molar-refractivity contribution in [1.82, 2.24) is 0 Å². The SMILES string of the molecule is CCO[Si](CN(c1c(C(C)C)cccc1C(C)C)[Si](C)(C)C)OCC. The fraction of sp³-hybridized carbons (Fsp3) is 0.700. The average molecular weight is 381 g/mol. The summed E-state index contributed by atoms with van der Waals surface area (Å²) in [4.78, 5) is 0. The first kappa shape index (κ1) is 22.4. The van der Waals surface area contributed by atoms with Crippen LogP contribution >= 0.6 is 0 Å². The molecule has 25 heavy (non-hydrogen) atoms. The third-order valence-electron chi connectivity index (χ3n) is 4.32. The highest BCUT2D eigenvalue weighted by Crippen LogP contribution is 2.37. The molecule has 0 unspecified atom stereocenters. The lowest BCUT2D eigenvalue weighted by atomic mass is 9.93. The van der Waals surface area contributed by atoms with E-state index in [4.69, 9.17) is 8.85 Å². The molecule has 3 nitrogen and oxygen atoms in total. The fourth-order valence-electron chi connectivity index (χ4n) is 3.06. The molecule has 0 aliphatic heterocycles. The summed E-state index contributed by atoms with van der Waals surface area (Å²) in [6.45, 7) is 22.0. The van der Waals surface area contributed by atoms with Gasteiger partial charge in [-0.05, 0) is 36.8 Å². The number of benzene rings is 1. The van der Waals surface area contributed by atoms with Gasteiger partial charge in [0.25, 0.3) is 0 Å². The molecule has 0 aliphatic rings. The van der Waals surface area contributed by atoms with Gasteiger partial charge in [-0.1, -0.05) is 65.5 Å². The highest BCUT2D eigenvalue weighted by atomic mass is 28.3. The number of para-hydroxylation sites is 1. The molecule has 0 spiro atoms. The lowest BCUT2D eigenvalue weighted by molar-refractivity contribution is 0.215. The maximum absolute atomic E-state index is 5.99.